The highest BCUT2D eigenvalue weighted by Crippen LogP contribution is 2.15. The summed E-state index contributed by atoms with van der Waals surface area (Å²) in [7, 11) is 0. The van der Waals surface area contributed by atoms with Crippen molar-refractivity contribution in [1.29, 1.82) is 0 Å². The van der Waals surface area contributed by atoms with Crippen LogP contribution in [0, 0.1) is 0 Å². The van der Waals surface area contributed by atoms with Crippen molar-refractivity contribution in [1.82, 2.24) is 5.43 Å². The minimum absolute atomic E-state index is 0.244. The van der Waals surface area contributed by atoms with E-state index in [0.717, 1.165) is 23.1 Å². The maximum atomic E-state index is 12.2. The largest absolute Gasteiger partial charge is 0.494 e. The number of hydrazone groups is 1. The van der Waals surface area contributed by atoms with E-state index in [9.17, 15) is 4.79 Å². The van der Waals surface area contributed by atoms with Crippen molar-refractivity contribution in [3.05, 3.63) is 77.9 Å². The fourth-order valence-electron chi connectivity index (χ4n) is 2.94. The van der Waals surface area contributed by atoms with Gasteiger partial charge in [0.1, 0.15) is 5.75 Å². The van der Waals surface area contributed by atoms with Crippen LogP contribution in [0.4, 0.5) is 0 Å². The van der Waals surface area contributed by atoms with Gasteiger partial charge in [0, 0.05) is 5.56 Å². The van der Waals surface area contributed by atoms with Crippen LogP contribution >= 0.6 is 0 Å². The van der Waals surface area contributed by atoms with Crippen LogP contribution in [0.1, 0.15) is 48.5 Å². The van der Waals surface area contributed by atoms with E-state index in [1.54, 1.807) is 18.3 Å². The molecule has 1 N–H and O–H groups in total. The Hall–Kier alpha value is -3.14. The van der Waals surface area contributed by atoms with Gasteiger partial charge in [-0.2, -0.15) is 5.10 Å². The molecule has 0 aliphatic carbocycles. The number of unbranched alkanes of at least 4 members (excludes halogenated alkanes) is 3. The molecule has 3 aromatic carbocycles. The lowest BCUT2D eigenvalue weighted by atomic mass is 10.1. The lowest BCUT2D eigenvalue weighted by molar-refractivity contribution is 0.0955. The summed E-state index contributed by atoms with van der Waals surface area (Å²) < 4.78 is 5.70. The van der Waals surface area contributed by atoms with Gasteiger partial charge in [-0.1, -0.05) is 62.6 Å². The molecule has 3 rings (SSSR count). The number of nitrogens with one attached hydrogen (secondary N) is 1. The van der Waals surface area contributed by atoms with E-state index < -0.39 is 0 Å². The summed E-state index contributed by atoms with van der Waals surface area (Å²) in [5, 5.41) is 6.39. The zero-order chi connectivity index (χ0) is 19.6. The molecule has 0 bridgehead atoms. The molecule has 0 saturated heterocycles. The molecular formula is C24H26N2O2. The van der Waals surface area contributed by atoms with Gasteiger partial charge in [-0.25, -0.2) is 5.43 Å². The second kappa shape index (κ2) is 10.3. The second-order valence-electron chi connectivity index (χ2n) is 6.74. The molecule has 0 aliphatic heterocycles. The van der Waals surface area contributed by atoms with Gasteiger partial charge in [0.2, 0.25) is 0 Å². The smallest absolute Gasteiger partial charge is 0.271 e. The van der Waals surface area contributed by atoms with Crippen LogP contribution in [0.2, 0.25) is 0 Å². The number of hydrogen-bond acceptors (Lipinski definition) is 3. The summed E-state index contributed by atoms with van der Waals surface area (Å²) in [5.74, 6) is 0.541. The molecule has 0 saturated carbocycles. The molecule has 0 heterocycles. The number of fused-ring (bicyclic) bond motifs is 1. The van der Waals surface area contributed by atoms with Gasteiger partial charge >= 0.3 is 0 Å². The quantitative estimate of drug-likeness (QED) is 0.303. The number of benzene rings is 3. The third-order valence-electron chi connectivity index (χ3n) is 4.54. The third kappa shape index (κ3) is 5.68. The molecule has 0 aliphatic rings. The van der Waals surface area contributed by atoms with Gasteiger partial charge in [0.05, 0.1) is 12.8 Å². The molecular weight excluding hydrogens is 348 g/mol. The van der Waals surface area contributed by atoms with Crippen LogP contribution in [0.5, 0.6) is 5.75 Å². The van der Waals surface area contributed by atoms with E-state index in [1.807, 2.05) is 42.5 Å². The first-order valence-corrected chi connectivity index (χ1v) is 9.81. The number of hydrogen-bond donors (Lipinski definition) is 1. The Morgan fingerprint density at radius 3 is 2.54 bits per heavy atom. The van der Waals surface area contributed by atoms with Crippen molar-refractivity contribution >= 4 is 22.9 Å². The van der Waals surface area contributed by atoms with Crippen molar-refractivity contribution in [2.45, 2.75) is 32.6 Å². The monoisotopic (exact) mass is 374 g/mol. The van der Waals surface area contributed by atoms with Gasteiger partial charge in [0.15, 0.2) is 0 Å². The van der Waals surface area contributed by atoms with Crippen LogP contribution < -0.4 is 10.2 Å². The maximum absolute atomic E-state index is 12.2. The zero-order valence-corrected chi connectivity index (χ0v) is 16.2. The summed E-state index contributed by atoms with van der Waals surface area (Å²) in [6.45, 7) is 2.90. The average Bonchev–Trinajstić information content (AvgIpc) is 2.74. The molecule has 0 aromatic heterocycles. The first kappa shape index (κ1) is 19.6. The SMILES string of the molecule is CCCCCCOc1ccc(C(=O)N/N=C/c2ccc3ccccc3c2)cc1. The van der Waals surface area contributed by atoms with Gasteiger partial charge in [0.25, 0.3) is 5.91 Å². The Morgan fingerprint density at radius 1 is 0.964 bits per heavy atom. The number of carbonyl (C=O) groups excluding carboxylic acids is 1. The van der Waals surface area contributed by atoms with E-state index in [0.29, 0.717) is 12.2 Å². The Balaban J connectivity index is 1.50. The lowest BCUT2D eigenvalue weighted by Gasteiger charge is -2.06. The topological polar surface area (TPSA) is 50.7 Å². The number of rotatable bonds is 9. The molecule has 1 amide bonds. The highest BCUT2D eigenvalue weighted by Gasteiger charge is 2.04. The molecule has 4 nitrogen and oxygen atoms in total. The van der Waals surface area contributed by atoms with Gasteiger partial charge in [-0.05, 0) is 53.1 Å². The molecule has 4 heteroatoms. The Morgan fingerprint density at radius 2 is 1.75 bits per heavy atom. The molecule has 0 atom stereocenters. The van der Waals surface area contributed by atoms with Crippen LogP contribution in [-0.2, 0) is 0 Å². The Labute approximate surface area is 166 Å². The third-order valence-corrected chi connectivity index (χ3v) is 4.54. The van der Waals surface area contributed by atoms with Crippen molar-refractivity contribution in [2.75, 3.05) is 6.61 Å². The zero-order valence-electron chi connectivity index (χ0n) is 16.2. The minimum Gasteiger partial charge on any atom is -0.494 e. The van der Waals surface area contributed by atoms with Crippen molar-refractivity contribution < 1.29 is 9.53 Å². The van der Waals surface area contributed by atoms with E-state index in [2.05, 4.69) is 29.6 Å². The number of amides is 1. The second-order valence-corrected chi connectivity index (χ2v) is 6.74. The van der Waals surface area contributed by atoms with Gasteiger partial charge < -0.3 is 4.74 Å². The molecule has 0 unspecified atom stereocenters. The van der Waals surface area contributed by atoms with Crippen LogP contribution in [0.3, 0.4) is 0 Å². The van der Waals surface area contributed by atoms with E-state index >= 15 is 0 Å². The molecule has 3 aromatic rings. The predicted octanol–water partition coefficient (Wildman–Crippen LogP) is 5.56. The molecule has 144 valence electrons. The number of ether oxygens (including phenoxy) is 1. The van der Waals surface area contributed by atoms with Crippen molar-refractivity contribution in [3.8, 4) is 5.75 Å². The fourth-order valence-corrected chi connectivity index (χ4v) is 2.94. The first-order chi connectivity index (χ1) is 13.8. The number of carbonyl (C=O) groups is 1. The normalized spacial score (nSPS) is 11.0. The van der Waals surface area contributed by atoms with Crippen molar-refractivity contribution in [2.24, 2.45) is 5.10 Å². The fraction of sp³-hybridized carbons (Fsp3) is 0.250. The summed E-state index contributed by atoms with van der Waals surface area (Å²) in [4.78, 5) is 12.2. The first-order valence-electron chi connectivity index (χ1n) is 9.81. The standard InChI is InChI=1S/C24H26N2O2/c1-2-3-4-7-16-28-23-14-12-21(13-15-23)24(27)26-25-18-19-10-11-20-8-5-6-9-22(20)17-19/h5-6,8-15,17-18H,2-4,7,16H2,1H3,(H,26,27)/b25-18+. The van der Waals surface area contributed by atoms with Crippen LogP contribution in [-0.4, -0.2) is 18.7 Å². The average molecular weight is 374 g/mol. The molecule has 0 radical (unpaired) electrons. The van der Waals surface area contributed by atoms with Crippen LogP contribution in [0.15, 0.2) is 71.8 Å². The Bertz CT molecular complexity index is 933. The van der Waals surface area contributed by atoms with E-state index in [4.69, 9.17) is 4.74 Å². The maximum Gasteiger partial charge on any atom is 0.271 e. The minimum atomic E-state index is -0.244. The highest BCUT2D eigenvalue weighted by atomic mass is 16.5. The number of nitrogens with zero attached hydrogens (tertiary/aromatic N) is 1. The van der Waals surface area contributed by atoms with Crippen LogP contribution in [0.25, 0.3) is 10.8 Å². The summed E-state index contributed by atoms with van der Waals surface area (Å²) in [5.41, 5.74) is 4.06. The van der Waals surface area contributed by atoms with E-state index in [1.165, 1.54) is 24.6 Å². The summed E-state index contributed by atoms with van der Waals surface area (Å²) in [6, 6.07) is 21.3. The summed E-state index contributed by atoms with van der Waals surface area (Å²) >= 11 is 0. The van der Waals surface area contributed by atoms with Crippen molar-refractivity contribution in [3.63, 3.8) is 0 Å². The Kier molecular flexibility index (Phi) is 7.19. The molecule has 28 heavy (non-hydrogen) atoms. The van der Waals surface area contributed by atoms with E-state index in [-0.39, 0.29) is 5.91 Å². The molecule has 0 fully saturated rings. The summed E-state index contributed by atoms with van der Waals surface area (Å²) in [6.07, 6.45) is 6.35. The van der Waals surface area contributed by atoms with Gasteiger partial charge in [-0.3, -0.25) is 4.79 Å². The highest BCUT2D eigenvalue weighted by molar-refractivity contribution is 5.95. The lowest BCUT2D eigenvalue weighted by Crippen LogP contribution is -2.17. The van der Waals surface area contributed by atoms with Gasteiger partial charge in [-0.15, -0.1) is 0 Å². The molecule has 0 spiro atoms. The predicted molar refractivity (Wildman–Crippen MR) is 115 cm³/mol.